The molecule has 0 unspecified atom stereocenters. The molecule has 3 rings (SSSR count). The fraction of sp³-hybridized carbons (Fsp3) is 0.190. The van der Waals surface area contributed by atoms with E-state index in [0.29, 0.717) is 24.2 Å². The predicted molar refractivity (Wildman–Crippen MR) is 112 cm³/mol. The Morgan fingerprint density at radius 2 is 1.64 bits per heavy atom. The van der Waals surface area contributed by atoms with Crippen molar-refractivity contribution in [1.29, 1.82) is 0 Å². The zero-order valence-electron chi connectivity index (χ0n) is 15.7. The van der Waals surface area contributed by atoms with Crippen molar-refractivity contribution in [2.45, 2.75) is 19.8 Å². The number of nitrogens with zero attached hydrogens (tertiary/aromatic N) is 1. The van der Waals surface area contributed by atoms with Gasteiger partial charge in [0.15, 0.2) is 0 Å². The number of nitrogens with one attached hydrogen (secondary N) is 2. The first kappa shape index (κ1) is 19.6. The number of rotatable bonds is 7. The molecule has 0 spiro atoms. The van der Waals surface area contributed by atoms with Gasteiger partial charge in [-0.05, 0) is 48.5 Å². The molecule has 0 atom stereocenters. The van der Waals surface area contributed by atoms with Gasteiger partial charge in [-0.15, -0.1) is 11.3 Å². The van der Waals surface area contributed by atoms with Crippen LogP contribution in [-0.2, 0) is 16.0 Å². The molecule has 2 amide bonds. The maximum atomic E-state index is 12.2. The summed E-state index contributed by atoms with van der Waals surface area (Å²) in [7, 11) is 1.64. The Balaban J connectivity index is 1.52. The maximum Gasteiger partial charge on any atom is 0.224 e. The topological polar surface area (TPSA) is 80.3 Å². The summed E-state index contributed by atoms with van der Waals surface area (Å²) in [6.45, 7) is 1.45. The second-order valence-electron chi connectivity index (χ2n) is 6.16. The van der Waals surface area contributed by atoms with Crippen LogP contribution in [0, 0.1) is 0 Å². The van der Waals surface area contributed by atoms with Crippen LogP contribution in [-0.4, -0.2) is 23.9 Å². The fourth-order valence-electron chi connectivity index (χ4n) is 2.60. The first-order chi connectivity index (χ1) is 13.5. The number of amides is 2. The van der Waals surface area contributed by atoms with E-state index in [1.54, 1.807) is 42.7 Å². The van der Waals surface area contributed by atoms with E-state index >= 15 is 0 Å². The van der Waals surface area contributed by atoms with Crippen LogP contribution < -0.4 is 15.4 Å². The SMILES string of the molecule is COc1ccc(-c2csc(CCC(=O)Nc3ccc(NC(C)=O)cc3)n2)cc1. The summed E-state index contributed by atoms with van der Waals surface area (Å²) >= 11 is 1.55. The van der Waals surface area contributed by atoms with Gasteiger partial charge in [0.05, 0.1) is 17.8 Å². The lowest BCUT2D eigenvalue weighted by atomic mass is 10.2. The average molecular weight is 395 g/mol. The molecule has 0 saturated carbocycles. The Kier molecular flexibility index (Phi) is 6.39. The van der Waals surface area contributed by atoms with Gasteiger partial charge in [0, 0.05) is 42.1 Å². The molecule has 1 heterocycles. The molecule has 0 aliphatic carbocycles. The van der Waals surface area contributed by atoms with Gasteiger partial charge in [-0.3, -0.25) is 9.59 Å². The first-order valence-corrected chi connectivity index (χ1v) is 9.68. The van der Waals surface area contributed by atoms with Gasteiger partial charge in [0.2, 0.25) is 11.8 Å². The summed E-state index contributed by atoms with van der Waals surface area (Å²) in [4.78, 5) is 27.8. The largest absolute Gasteiger partial charge is 0.497 e. The molecule has 3 aromatic rings. The standard InChI is InChI=1S/C21H21N3O3S/c1-14(25)22-16-5-7-17(8-6-16)23-20(26)11-12-21-24-19(13-28-21)15-3-9-18(27-2)10-4-15/h3-10,13H,11-12H2,1-2H3,(H,22,25)(H,23,26). The number of hydrogen-bond donors (Lipinski definition) is 2. The van der Waals surface area contributed by atoms with Crippen LogP contribution >= 0.6 is 11.3 Å². The summed E-state index contributed by atoms with van der Waals surface area (Å²) < 4.78 is 5.17. The molecule has 0 fully saturated rings. The number of anilines is 2. The van der Waals surface area contributed by atoms with Crippen LogP contribution in [0.5, 0.6) is 5.75 Å². The van der Waals surface area contributed by atoms with Crippen molar-refractivity contribution in [3.05, 3.63) is 58.9 Å². The molecule has 6 nitrogen and oxygen atoms in total. The zero-order chi connectivity index (χ0) is 19.9. The van der Waals surface area contributed by atoms with Crippen molar-refractivity contribution in [3.63, 3.8) is 0 Å². The third-order valence-electron chi connectivity index (χ3n) is 3.99. The van der Waals surface area contributed by atoms with E-state index in [9.17, 15) is 9.59 Å². The lowest BCUT2D eigenvalue weighted by Crippen LogP contribution is -2.12. The molecule has 0 bridgehead atoms. The van der Waals surface area contributed by atoms with Crippen molar-refractivity contribution < 1.29 is 14.3 Å². The highest BCUT2D eigenvalue weighted by Gasteiger charge is 2.08. The van der Waals surface area contributed by atoms with E-state index in [1.807, 2.05) is 29.6 Å². The van der Waals surface area contributed by atoms with Gasteiger partial charge in [-0.2, -0.15) is 0 Å². The molecule has 0 aliphatic heterocycles. The van der Waals surface area contributed by atoms with Crippen molar-refractivity contribution in [3.8, 4) is 17.0 Å². The van der Waals surface area contributed by atoms with E-state index in [1.165, 1.54) is 6.92 Å². The molecule has 2 aromatic carbocycles. The van der Waals surface area contributed by atoms with Crippen LogP contribution in [0.15, 0.2) is 53.9 Å². The van der Waals surface area contributed by atoms with E-state index in [-0.39, 0.29) is 11.8 Å². The number of aromatic nitrogens is 1. The number of carbonyl (C=O) groups excluding carboxylic acids is 2. The number of methoxy groups -OCH3 is 1. The van der Waals surface area contributed by atoms with Crippen molar-refractivity contribution in [1.82, 2.24) is 4.98 Å². The highest BCUT2D eigenvalue weighted by molar-refractivity contribution is 7.09. The monoisotopic (exact) mass is 395 g/mol. The van der Waals surface area contributed by atoms with Crippen molar-refractivity contribution in [2.24, 2.45) is 0 Å². The van der Waals surface area contributed by atoms with Crippen LogP contribution in [0.2, 0.25) is 0 Å². The second kappa shape index (κ2) is 9.14. The van der Waals surface area contributed by atoms with Crippen LogP contribution in [0.3, 0.4) is 0 Å². The summed E-state index contributed by atoms with van der Waals surface area (Å²) in [5.41, 5.74) is 3.31. The number of thiazole rings is 1. The molecule has 144 valence electrons. The van der Waals surface area contributed by atoms with E-state index in [0.717, 1.165) is 22.0 Å². The number of aryl methyl sites for hydroxylation is 1. The molecule has 0 radical (unpaired) electrons. The third-order valence-corrected chi connectivity index (χ3v) is 4.90. The number of carbonyl (C=O) groups is 2. The van der Waals surface area contributed by atoms with Crippen molar-refractivity contribution in [2.75, 3.05) is 17.7 Å². The lowest BCUT2D eigenvalue weighted by molar-refractivity contribution is -0.116. The lowest BCUT2D eigenvalue weighted by Gasteiger charge is -2.06. The summed E-state index contributed by atoms with van der Waals surface area (Å²) in [5.74, 6) is 0.601. The first-order valence-electron chi connectivity index (χ1n) is 8.80. The summed E-state index contributed by atoms with van der Waals surface area (Å²) in [5, 5.41) is 8.46. The minimum atomic E-state index is -0.130. The highest BCUT2D eigenvalue weighted by Crippen LogP contribution is 2.24. The average Bonchev–Trinajstić information content (AvgIpc) is 3.17. The summed E-state index contributed by atoms with van der Waals surface area (Å²) in [6, 6.07) is 14.8. The molecule has 2 N–H and O–H groups in total. The number of ether oxygens (including phenoxy) is 1. The van der Waals surface area contributed by atoms with Gasteiger partial charge < -0.3 is 15.4 Å². The highest BCUT2D eigenvalue weighted by atomic mass is 32.1. The Morgan fingerprint density at radius 1 is 1.00 bits per heavy atom. The second-order valence-corrected chi connectivity index (χ2v) is 7.10. The van der Waals surface area contributed by atoms with Crippen LogP contribution in [0.4, 0.5) is 11.4 Å². The molecular formula is C21H21N3O3S. The van der Waals surface area contributed by atoms with Gasteiger partial charge >= 0.3 is 0 Å². The molecular weight excluding hydrogens is 374 g/mol. The normalized spacial score (nSPS) is 10.4. The van der Waals surface area contributed by atoms with Gasteiger partial charge in [-0.25, -0.2) is 4.98 Å². The van der Waals surface area contributed by atoms with Crippen LogP contribution in [0.25, 0.3) is 11.3 Å². The van der Waals surface area contributed by atoms with Gasteiger partial charge in [-0.1, -0.05) is 0 Å². The zero-order valence-corrected chi connectivity index (χ0v) is 16.5. The predicted octanol–water partition coefficient (Wildman–Crippen LogP) is 4.35. The molecule has 28 heavy (non-hydrogen) atoms. The Morgan fingerprint density at radius 3 is 2.25 bits per heavy atom. The quantitative estimate of drug-likeness (QED) is 0.623. The Labute approximate surface area is 167 Å². The molecule has 1 aromatic heterocycles. The van der Waals surface area contributed by atoms with Gasteiger partial charge in [0.25, 0.3) is 0 Å². The summed E-state index contributed by atoms with van der Waals surface area (Å²) in [6.07, 6.45) is 0.930. The van der Waals surface area contributed by atoms with Crippen LogP contribution in [0.1, 0.15) is 18.4 Å². The minimum Gasteiger partial charge on any atom is -0.497 e. The molecule has 0 saturated heterocycles. The minimum absolute atomic E-state index is 0.0755. The smallest absolute Gasteiger partial charge is 0.224 e. The van der Waals surface area contributed by atoms with E-state index in [4.69, 9.17) is 4.74 Å². The van der Waals surface area contributed by atoms with E-state index in [2.05, 4.69) is 15.6 Å². The maximum absolute atomic E-state index is 12.2. The fourth-order valence-corrected chi connectivity index (χ4v) is 3.41. The van der Waals surface area contributed by atoms with E-state index < -0.39 is 0 Å². The number of hydrogen-bond acceptors (Lipinski definition) is 5. The molecule has 7 heteroatoms. The number of benzene rings is 2. The Hall–Kier alpha value is -3.19. The van der Waals surface area contributed by atoms with Gasteiger partial charge in [0.1, 0.15) is 5.75 Å². The third kappa shape index (κ3) is 5.40. The molecule has 0 aliphatic rings. The Bertz CT molecular complexity index is 950. The van der Waals surface area contributed by atoms with Crippen molar-refractivity contribution >= 4 is 34.5 Å².